The second-order valence-corrected chi connectivity index (χ2v) is 4.23. The van der Waals surface area contributed by atoms with Gasteiger partial charge in [-0.3, -0.25) is 14.5 Å². The number of carbonyl (C=O) groups excluding carboxylic acids is 1. The van der Waals surface area contributed by atoms with E-state index >= 15 is 0 Å². The largest absolute Gasteiger partial charge is 0.319 e. The highest BCUT2D eigenvalue weighted by molar-refractivity contribution is 6.34. The Bertz CT molecular complexity index is 579. The molecule has 0 aliphatic heterocycles. The van der Waals surface area contributed by atoms with Crippen LogP contribution >= 0.6 is 11.6 Å². The maximum absolute atomic E-state index is 12.1. The molecule has 1 N–H and O–H groups in total. The molecule has 0 saturated carbocycles. The summed E-state index contributed by atoms with van der Waals surface area (Å²) in [5.41, 5.74) is 1.95. The first-order valence-corrected chi connectivity index (χ1v) is 5.93. The van der Waals surface area contributed by atoms with Crippen LogP contribution in [-0.2, 0) is 13.5 Å². The van der Waals surface area contributed by atoms with Crippen LogP contribution in [0.2, 0.25) is 5.02 Å². The summed E-state index contributed by atoms with van der Waals surface area (Å²) in [6.07, 6.45) is 5.50. The lowest BCUT2D eigenvalue weighted by molar-refractivity contribution is 0.102. The number of halogens is 1. The van der Waals surface area contributed by atoms with E-state index in [0.29, 0.717) is 16.3 Å². The van der Waals surface area contributed by atoms with Gasteiger partial charge in [-0.1, -0.05) is 18.5 Å². The SMILES string of the molecule is CCc1nn(C)cc1NC(=O)c1ccncc1Cl. The molecule has 6 heteroatoms. The molecule has 2 aromatic heterocycles. The Morgan fingerprint density at radius 2 is 2.33 bits per heavy atom. The van der Waals surface area contributed by atoms with E-state index in [1.165, 1.54) is 12.4 Å². The molecule has 0 radical (unpaired) electrons. The molecule has 2 rings (SSSR count). The second-order valence-electron chi connectivity index (χ2n) is 3.83. The van der Waals surface area contributed by atoms with Crippen molar-refractivity contribution >= 4 is 23.2 Å². The number of aromatic nitrogens is 3. The average molecular weight is 265 g/mol. The fraction of sp³-hybridized carbons (Fsp3) is 0.250. The number of amides is 1. The zero-order valence-electron chi connectivity index (χ0n) is 10.1. The number of rotatable bonds is 3. The van der Waals surface area contributed by atoms with Gasteiger partial charge in [-0.25, -0.2) is 0 Å². The molecule has 94 valence electrons. The van der Waals surface area contributed by atoms with Crippen LogP contribution in [-0.4, -0.2) is 20.7 Å². The monoisotopic (exact) mass is 264 g/mol. The molecular weight excluding hydrogens is 252 g/mol. The minimum Gasteiger partial charge on any atom is -0.319 e. The van der Waals surface area contributed by atoms with Crippen LogP contribution in [0.3, 0.4) is 0 Å². The first kappa shape index (κ1) is 12.6. The van der Waals surface area contributed by atoms with Crippen LogP contribution in [0, 0.1) is 0 Å². The van der Waals surface area contributed by atoms with Crippen LogP contribution < -0.4 is 5.32 Å². The molecule has 0 atom stereocenters. The smallest absolute Gasteiger partial charge is 0.257 e. The summed E-state index contributed by atoms with van der Waals surface area (Å²) < 4.78 is 1.67. The zero-order chi connectivity index (χ0) is 13.1. The molecule has 2 heterocycles. The summed E-state index contributed by atoms with van der Waals surface area (Å²) >= 11 is 5.92. The van der Waals surface area contributed by atoms with Gasteiger partial charge in [0.2, 0.25) is 0 Å². The van der Waals surface area contributed by atoms with E-state index in [-0.39, 0.29) is 5.91 Å². The Morgan fingerprint density at radius 3 is 3.00 bits per heavy atom. The van der Waals surface area contributed by atoms with Crippen LogP contribution in [0.5, 0.6) is 0 Å². The summed E-state index contributed by atoms with van der Waals surface area (Å²) in [5.74, 6) is -0.259. The summed E-state index contributed by atoms with van der Waals surface area (Å²) in [6.45, 7) is 1.98. The van der Waals surface area contributed by atoms with E-state index in [1.54, 1.807) is 16.9 Å². The minimum atomic E-state index is -0.259. The Hall–Kier alpha value is -1.88. The summed E-state index contributed by atoms with van der Waals surface area (Å²) in [4.78, 5) is 15.9. The second kappa shape index (κ2) is 5.18. The van der Waals surface area contributed by atoms with Crippen molar-refractivity contribution in [2.24, 2.45) is 7.05 Å². The predicted octanol–water partition coefficient (Wildman–Crippen LogP) is 2.28. The van der Waals surface area contributed by atoms with Crippen molar-refractivity contribution in [1.82, 2.24) is 14.8 Å². The van der Waals surface area contributed by atoms with E-state index in [9.17, 15) is 4.79 Å². The van der Waals surface area contributed by atoms with Crippen molar-refractivity contribution in [3.8, 4) is 0 Å². The van der Waals surface area contributed by atoms with E-state index in [1.807, 2.05) is 14.0 Å². The van der Waals surface area contributed by atoms with E-state index in [0.717, 1.165) is 12.1 Å². The molecule has 0 spiro atoms. The number of hydrogen-bond acceptors (Lipinski definition) is 3. The Balaban J connectivity index is 2.24. The Morgan fingerprint density at radius 1 is 1.56 bits per heavy atom. The van der Waals surface area contributed by atoms with Crippen LogP contribution in [0.25, 0.3) is 0 Å². The third-order valence-electron chi connectivity index (χ3n) is 2.51. The number of hydrogen-bond donors (Lipinski definition) is 1. The molecule has 0 saturated heterocycles. The normalized spacial score (nSPS) is 10.4. The van der Waals surface area contributed by atoms with Gasteiger partial charge in [0, 0.05) is 25.6 Å². The summed E-state index contributed by atoms with van der Waals surface area (Å²) in [6, 6.07) is 1.58. The van der Waals surface area contributed by atoms with E-state index < -0.39 is 0 Å². The Labute approximate surface area is 110 Å². The molecule has 0 fully saturated rings. The molecule has 0 bridgehead atoms. The van der Waals surface area contributed by atoms with Gasteiger partial charge in [0.15, 0.2) is 0 Å². The summed E-state index contributed by atoms with van der Waals surface area (Å²) in [5, 5.41) is 7.39. The van der Waals surface area contributed by atoms with Gasteiger partial charge in [0.1, 0.15) is 0 Å². The van der Waals surface area contributed by atoms with Crippen molar-refractivity contribution < 1.29 is 4.79 Å². The number of carbonyl (C=O) groups is 1. The molecule has 0 unspecified atom stereocenters. The summed E-state index contributed by atoms with van der Waals surface area (Å²) in [7, 11) is 1.81. The topological polar surface area (TPSA) is 59.8 Å². The number of aryl methyl sites for hydroxylation is 2. The van der Waals surface area contributed by atoms with Crippen molar-refractivity contribution in [2.45, 2.75) is 13.3 Å². The highest BCUT2D eigenvalue weighted by Crippen LogP contribution is 2.18. The van der Waals surface area contributed by atoms with Gasteiger partial charge in [0.05, 0.1) is 22.0 Å². The lowest BCUT2D eigenvalue weighted by atomic mass is 10.2. The van der Waals surface area contributed by atoms with Gasteiger partial charge < -0.3 is 5.32 Å². The van der Waals surface area contributed by atoms with Crippen molar-refractivity contribution in [1.29, 1.82) is 0 Å². The number of nitrogens with zero attached hydrogens (tertiary/aromatic N) is 3. The van der Waals surface area contributed by atoms with E-state index in [4.69, 9.17) is 11.6 Å². The molecular formula is C12H13ClN4O. The van der Waals surface area contributed by atoms with Crippen molar-refractivity contribution in [3.05, 3.63) is 40.9 Å². The number of anilines is 1. The van der Waals surface area contributed by atoms with Crippen molar-refractivity contribution in [3.63, 3.8) is 0 Å². The zero-order valence-corrected chi connectivity index (χ0v) is 10.9. The van der Waals surface area contributed by atoms with Gasteiger partial charge >= 0.3 is 0 Å². The average Bonchev–Trinajstić information content (AvgIpc) is 2.70. The highest BCUT2D eigenvalue weighted by Gasteiger charge is 2.13. The molecule has 2 aromatic rings. The van der Waals surface area contributed by atoms with E-state index in [2.05, 4.69) is 15.4 Å². The number of pyridine rings is 1. The van der Waals surface area contributed by atoms with Crippen LogP contribution in [0.15, 0.2) is 24.7 Å². The minimum absolute atomic E-state index is 0.259. The molecule has 0 aliphatic carbocycles. The molecule has 0 aliphatic rings. The van der Waals surface area contributed by atoms with Crippen LogP contribution in [0.1, 0.15) is 23.0 Å². The number of nitrogens with one attached hydrogen (secondary N) is 1. The molecule has 1 amide bonds. The fourth-order valence-corrected chi connectivity index (χ4v) is 1.85. The first-order chi connectivity index (χ1) is 8.61. The van der Waals surface area contributed by atoms with Gasteiger partial charge in [0.25, 0.3) is 5.91 Å². The molecule has 5 nitrogen and oxygen atoms in total. The van der Waals surface area contributed by atoms with Gasteiger partial charge in [-0.05, 0) is 12.5 Å². The highest BCUT2D eigenvalue weighted by atomic mass is 35.5. The van der Waals surface area contributed by atoms with Gasteiger partial charge in [-0.15, -0.1) is 0 Å². The maximum Gasteiger partial charge on any atom is 0.257 e. The fourth-order valence-electron chi connectivity index (χ4n) is 1.65. The maximum atomic E-state index is 12.1. The molecule has 0 aromatic carbocycles. The predicted molar refractivity (Wildman–Crippen MR) is 69.8 cm³/mol. The van der Waals surface area contributed by atoms with Gasteiger partial charge in [-0.2, -0.15) is 5.10 Å². The standard InChI is InChI=1S/C12H13ClN4O/c1-3-10-11(7-17(2)16-10)15-12(18)8-4-5-14-6-9(8)13/h4-7H,3H2,1-2H3,(H,15,18). The van der Waals surface area contributed by atoms with Crippen molar-refractivity contribution in [2.75, 3.05) is 5.32 Å². The first-order valence-electron chi connectivity index (χ1n) is 5.55. The Kier molecular flexibility index (Phi) is 3.62. The van der Waals surface area contributed by atoms with Crippen LogP contribution in [0.4, 0.5) is 5.69 Å². The quantitative estimate of drug-likeness (QED) is 0.925. The lowest BCUT2D eigenvalue weighted by Gasteiger charge is -2.05. The molecule has 18 heavy (non-hydrogen) atoms. The third kappa shape index (κ3) is 2.51. The lowest BCUT2D eigenvalue weighted by Crippen LogP contribution is -2.13. The third-order valence-corrected chi connectivity index (χ3v) is 2.81.